The van der Waals surface area contributed by atoms with Gasteiger partial charge in [-0.2, -0.15) is 4.31 Å². The summed E-state index contributed by atoms with van der Waals surface area (Å²) < 4.78 is 47.2. The van der Waals surface area contributed by atoms with E-state index >= 15 is 0 Å². The van der Waals surface area contributed by atoms with E-state index in [1.807, 2.05) is 18.4 Å². The number of fused-ring (bicyclic) bond motifs is 1. The van der Waals surface area contributed by atoms with Crippen molar-refractivity contribution in [1.82, 2.24) is 13.9 Å². The smallest absolute Gasteiger partial charge is 0.324 e. The highest BCUT2D eigenvalue weighted by Crippen LogP contribution is 2.30. The maximum absolute atomic E-state index is 13.2. The van der Waals surface area contributed by atoms with E-state index in [0.29, 0.717) is 5.69 Å². The lowest BCUT2D eigenvalue weighted by atomic mass is 10.1. The number of imidazole rings is 1. The highest BCUT2D eigenvalue weighted by atomic mass is 32.2. The molecule has 26 heavy (non-hydrogen) atoms. The second-order valence-corrected chi connectivity index (χ2v) is 8.28. The van der Waals surface area contributed by atoms with Crippen LogP contribution in [0.1, 0.15) is 31.3 Å². The largest absolute Gasteiger partial charge is 0.468 e. The van der Waals surface area contributed by atoms with Crippen LogP contribution in [0.25, 0.3) is 0 Å². The van der Waals surface area contributed by atoms with Gasteiger partial charge in [0.2, 0.25) is 10.0 Å². The number of aromatic nitrogens is 2. The van der Waals surface area contributed by atoms with E-state index in [1.54, 1.807) is 6.33 Å². The van der Waals surface area contributed by atoms with E-state index in [0.717, 1.165) is 22.1 Å². The second-order valence-electron chi connectivity index (χ2n) is 6.39. The molecule has 2 heterocycles. The molecule has 3 rings (SSSR count). The molecule has 2 aromatic rings. The van der Waals surface area contributed by atoms with Crippen LogP contribution in [0.5, 0.6) is 0 Å². The van der Waals surface area contributed by atoms with Crippen LogP contribution < -0.4 is 0 Å². The van der Waals surface area contributed by atoms with Gasteiger partial charge < -0.3 is 9.30 Å². The Labute approximate surface area is 151 Å². The van der Waals surface area contributed by atoms with Gasteiger partial charge in [-0.15, -0.1) is 0 Å². The molecule has 0 spiro atoms. The molecule has 0 amide bonds. The lowest BCUT2D eigenvalue weighted by molar-refractivity contribution is -0.145. The molecule has 0 saturated heterocycles. The Kier molecular flexibility index (Phi) is 4.85. The van der Waals surface area contributed by atoms with Crippen molar-refractivity contribution in [2.75, 3.05) is 7.11 Å². The van der Waals surface area contributed by atoms with Gasteiger partial charge in [0, 0.05) is 12.5 Å². The molecule has 0 radical (unpaired) electrons. The Morgan fingerprint density at radius 3 is 2.54 bits per heavy atom. The van der Waals surface area contributed by atoms with Crippen LogP contribution in [0.15, 0.2) is 35.5 Å². The predicted octanol–water partition coefficient (Wildman–Crippen LogP) is 1.89. The minimum Gasteiger partial charge on any atom is -0.468 e. The van der Waals surface area contributed by atoms with Crippen LogP contribution in [-0.2, 0) is 32.5 Å². The van der Waals surface area contributed by atoms with Gasteiger partial charge in [-0.05, 0) is 38.1 Å². The van der Waals surface area contributed by atoms with Crippen molar-refractivity contribution in [2.24, 2.45) is 0 Å². The molecule has 1 aromatic carbocycles. The first-order valence-corrected chi connectivity index (χ1v) is 9.59. The topological polar surface area (TPSA) is 81.5 Å². The van der Waals surface area contributed by atoms with Crippen LogP contribution >= 0.6 is 0 Å². The van der Waals surface area contributed by atoms with Gasteiger partial charge in [0.15, 0.2) is 0 Å². The standard InChI is InChI=1S/C17H20FN3O4S/c1-11(2)20-10-19-14-8-15(17(22)25-3)21(9-16(14)20)26(23,24)13-6-4-12(18)5-7-13/h4-7,10-11,15H,8-9H2,1-3H3. The van der Waals surface area contributed by atoms with Crippen LogP contribution in [-0.4, -0.2) is 41.4 Å². The number of rotatable bonds is 4. The number of hydrogen-bond donors (Lipinski definition) is 0. The molecule has 0 bridgehead atoms. The van der Waals surface area contributed by atoms with Gasteiger partial charge >= 0.3 is 5.97 Å². The number of sulfonamides is 1. The fourth-order valence-corrected chi connectivity index (χ4v) is 4.63. The summed E-state index contributed by atoms with van der Waals surface area (Å²) in [6.07, 6.45) is 1.78. The molecule has 1 aromatic heterocycles. The summed E-state index contributed by atoms with van der Waals surface area (Å²) >= 11 is 0. The average Bonchev–Trinajstić information content (AvgIpc) is 3.03. The molecular formula is C17H20FN3O4S. The molecule has 1 aliphatic rings. The van der Waals surface area contributed by atoms with Crippen molar-refractivity contribution < 1.29 is 22.3 Å². The number of esters is 1. The average molecular weight is 381 g/mol. The summed E-state index contributed by atoms with van der Waals surface area (Å²) in [5, 5.41) is 0. The summed E-state index contributed by atoms with van der Waals surface area (Å²) in [7, 11) is -2.81. The molecular weight excluding hydrogens is 361 g/mol. The molecule has 0 fully saturated rings. The first kappa shape index (κ1) is 18.5. The zero-order chi connectivity index (χ0) is 19.1. The molecule has 7 nitrogen and oxygen atoms in total. The maximum Gasteiger partial charge on any atom is 0.324 e. The Morgan fingerprint density at radius 1 is 1.31 bits per heavy atom. The lowest BCUT2D eigenvalue weighted by Crippen LogP contribution is -2.49. The number of ether oxygens (including phenoxy) is 1. The van der Waals surface area contributed by atoms with E-state index in [1.165, 1.54) is 19.2 Å². The quantitative estimate of drug-likeness (QED) is 0.756. The van der Waals surface area contributed by atoms with Crippen molar-refractivity contribution >= 4 is 16.0 Å². The normalized spacial score (nSPS) is 18.0. The number of carbonyl (C=O) groups excluding carboxylic acids is 1. The van der Waals surface area contributed by atoms with Crippen molar-refractivity contribution in [3.63, 3.8) is 0 Å². The maximum atomic E-state index is 13.2. The number of carbonyl (C=O) groups is 1. The monoisotopic (exact) mass is 381 g/mol. The van der Waals surface area contributed by atoms with Crippen LogP contribution in [0.4, 0.5) is 4.39 Å². The van der Waals surface area contributed by atoms with Gasteiger partial charge in [-0.25, -0.2) is 17.8 Å². The number of methoxy groups -OCH3 is 1. The molecule has 1 aliphatic heterocycles. The van der Waals surface area contributed by atoms with Gasteiger partial charge in [0.1, 0.15) is 11.9 Å². The van der Waals surface area contributed by atoms with Crippen molar-refractivity contribution in [3.8, 4) is 0 Å². The molecule has 1 atom stereocenters. The molecule has 1 unspecified atom stereocenters. The Morgan fingerprint density at radius 2 is 1.96 bits per heavy atom. The number of nitrogens with zero attached hydrogens (tertiary/aromatic N) is 3. The molecule has 140 valence electrons. The minimum absolute atomic E-state index is 0.00695. The summed E-state index contributed by atoms with van der Waals surface area (Å²) in [6, 6.07) is 3.61. The predicted molar refractivity (Wildman–Crippen MR) is 91.2 cm³/mol. The van der Waals surface area contributed by atoms with E-state index in [9.17, 15) is 17.6 Å². The summed E-state index contributed by atoms with van der Waals surface area (Å²) in [6.45, 7) is 3.92. The first-order chi connectivity index (χ1) is 12.3. The van der Waals surface area contributed by atoms with Gasteiger partial charge in [0.05, 0.1) is 36.3 Å². The highest BCUT2D eigenvalue weighted by molar-refractivity contribution is 7.89. The van der Waals surface area contributed by atoms with Crippen LogP contribution in [0, 0.1) is 5.82 Å². The lowest BCUT2D eigenvalue weighted by Gasteiger charge is -2.33. The Balaban J connectivity index is 2.08. The molecule has 0 saturated carbocycles. The van der Waals surface area contributed by atoms with Gasteiger partial charge in [-0.3, -0.25) is 4.79 Å². The molecule has 0 N–H and O–H groups in total. The third kappa shape index (κ3) is 3.12. The Bertz CT molecular complexity index is 922. The fraction of sp³-hybridized carbons (Fsp3) is 0.412. The zero-order valence-electron chi connectivity index (χ0n) is 14.7. The minimum atomic E-state index is -4.02. The second kappa shape index (κ2) is 6.81. The third-order valence-corrected chi connectivity index (χ3v) is 6.34. The van der Waals surface area contributed by atoms with E-state index < -0.39 is 27.9 Å². The van der Waals surface area contributed by atoms with E-state index in [2.05, 4.69) is 4.98 Å². The third-order valence-electron chi connectivity index (χ3n) is 4.47. The van der Waals surface area contributed by atoms with Crippen molar-refractivity contribution in [1.29, 1.82) is 0 Å². The molecule has 0 aliphatic carbocycles. The summed E-state index contributed by atoms with van der Waals surface area (Å²) in [5.41, 5.74) is 1.42. The number of halogens is 1. The van der Waals surface area contributed by atoms with Crippen molar-refractivity contribution in [3.05, 3.63) is 47.8 Å². The zero-order valence-corrected chi connectivity index (χ0v) is 15.5. The summed E-state index contributed by atoms with van der Waals surface area (Å²) in [4.78, 5) is 16.5. The van der Waals surface area contributed by atoms with Crippen LogP contribution in [0.3, 0.4) is 0 Å². The Hall–Kier alpha value is -2.26. The number of hydrogen-bond acceptors (Lipinski definition) is 5. The SMILES string of the molecule is COC(=O)C1Cc2ncn(C(C)C)c2CN1S(=O)(=O)c1ccc(F)cc1. The number of benzene rings is 1. The van der Waals surface area contributed by atoms with E-state index in [4.69, 9.17) is 4.74 Å². The highest BCUT2D eigenvalue weighted by Gasteiger charge is 2.42. The molecule has 9 heteroatoms. The fourth-order valence-electron chi connectivity index (χ4n) is 3.09. The van der Waals surface area contributed by atoms with Gasteiger partial charge in [-0.1, -0.05) is 0 Å². The summed E-state index contributed by atoms with van der Waals surface area (Å²) in [5.74, 6) is -1.19. The van der Waals surface area contributed by atoms with Crippen molar-refractivity contribution in [2.45, 2.75) is 43.8 Å². The first-order valence-electron chi connectivity index (χ1n) is 8.15. The van der Waals surface area contributed by atoms with Gasteiger partial charge in [0.25, 0.3) is 0 Å². The van der Waals surface area contributed by atoms with E-state index in [-0.39, 0.29) is 23.9 Å². The van der Waals surface area contributed by atoms with Crippen LogP contribution in [0.2, 0.25) is 0 Å².